The number of nitrogens with one attached hydrogen (secondary N) is 1. The van der Waals surface area contributed by atoms with Crippen LogP contribution in [0.4, 0.5) is 0 Å². The zero-order valence-corrected chi connectivity index (χ0v) is 10.5. The molecule has 2 rings (SSSR count). The van der Waals surface area contributed by atoms with E-state index in [0.717, 1.165) is 5.56 Å². The molecule has 0 aromatic heterocycles. The third kappa shape index (κ3) is 2.71. The first kappa shape index (κ1) is 12.2. The van der Waals surface area contributed by atoms with Crippen LogP contribution in [0.15, 0.2) is 29.3 Å². The van der Waals surface area contributed by atoms with Crippen molar-refractivity contribution in [1.29, 1.82) is 0 Å². The molecule has 2 atom stereocenters. The maximum absolute atomic E-state index is 10.7. The van der Waals surface area contributed by atoms with Crippen molar-refractivity contribution in [3.05, 3.63) is 35.4 Å². The summed E-state index contributed by atoms with van der Waals surface area (Å²) in [5, 5.41) is 11.9. The van der Waals surface area contributed by atoms with Crippen molar-refractivity contribution >= 4 is 26.5 Å². The van der Waals surface area contributed by atoms with Crippen molar-refractivity contribution < 1.29 is 9.90 Å². The molecule has 4 N–H and O–H groups in total. The molecule has 0 saturated carbocycles. The first-order valence-electron chi connectivity index (χ1n) is 5.13. The van der Waals surface area contributed by atoms with Crippen molar-refractivity contribution in [1.82, 2.24) is 5.32 Å². The number of hydrogen-bond acceptors (Lipinski definition) is 4. The average Bonchev–Trinajstić information content (AvgIpc) is 2.33. The van der Waals surface area contributed by atoms with E-state index in [1.54, 1.807) is 24.3 Å². The number of halogens is 1. The van der Waals surface area contributed by atoms with Gasteiger partial charge in [-0.1, -0.05) is 12.1 Å². The van der Waals surface area contributed by atoms with Crippen LogP contribution in [0, 0.1) is 0 Å². The normalized spacial score (nSPS) is 24.2. The van der Waals surface area contributed by atoms with Crippen molar-refractivity contribution in [2.75, 3.05) is 6.54 Å². The summed E-state index contributed by atoms with van der Waals surface area (Å²) in [6.45, 7) is 0.642. The zero-order valence-electron chi connectivity index (χ0n) is 8.93. The van der Waals surface area contributed by atoms with E-state index in [1.165, 1.54) is 0 Å². The first-order valence-corrected chi connectivity index (χ1v) is 5.92. The van der Waals surface area contributed by atoms with Crippen LogP contribution >= 0.6 is 15.9 Å². The number of aliphatic imine (C=N–C) groups is 1. The van der Waals surface area contributed by atoms with Gasteiger partial charge in [-0.05, 0) is 33.6 Å². The highest BCUT2D eigenvalue weighted by atomic mass is 79.9. The predicted octanol–water partition coefficient (Wildman–Crippen LogP) is 1.11. The molecule has 1 aliphatic rings. The SMILES string of the molecule is N[C@H]1NCC(c2ccc(C(=O)O)cc2)N=C1Br. The highest BCUT2D eigenvalue weighted by molar-refractivity contribution is 9.18. The number of carbonyl (C=O) groups is 1. The zero-order chi connectivity index (χ0) is 12.4. The van der Waals surface area contributed by atoms with Gasteiger partial charge in [0.15, 0.2) is 0 Å². The summed E-state index contributed by atoms with van der Waals surface area (Å²) in [5.41, 5.74) is 6.96. The van der Waals surface area contributed by atoms with E-state index in [0.29, 0.717) is 11.2 Å². The quantitative estimate of drug-likeness (QED) is 0.763. The van der Waals surface area contributed by atoms with Crippen LogP contribution in [0.2, 0.25) is 0 Å². The van der Waals surface area contributed by atoms with Gasteiger partial charge in [0.1, 0.15) is 10.8 Å². The molecule has 1 unspecified atom stereocenters. The smallest absolute Gasteiger partial charge is 0.335 e. The Morgan fingerprint density at radius 1 is 1.47 bits per heavy atom. The van der Waals surface area contributed by atoms with E-state index >= 15 is 0 Å². The summed E-state index contributed by atoms with van der Waals surface area (Å²) in [6.07, 6.45) is -0.260. The Labute approximate surface area is 107 Å². The summed E-state index contributed by atoms with van der Waals surface area (Å²) in [4.78, 5) is 15.1. The van der Waals surface area contributed by atoms with Gasteiger partial charge in [-0.3, -0.25) is 10.3 Å². The summed E-state index contributed by atoms with van der Waals surface area (Å²) in [5.74, 6) is -0.926. The highest BCUT2D eigenvalue weighted by Crippen LogP contribution is 2.21. The van der Waals surface area contributed by atoms with Gasteiger partial charge in [-0.2, -0.15) is 0 Å². The molecule has 0 fully saturated rings. The molecule has 1 aromatic carbocycles. The molecular formula is C11H12BrN3O2. The Balaban J connectivity index is 2.21. The molecule has 17 heavy (non-hydrogen) atoms. The summed E-state index contributed by atoms with van der Waals surface area (Å²) in [6, 6.07) is 6.67. The first-order chi connectivity index (χ1) is 8.08. The van der Waals surface area contributed by atoms with Gasteiger partial charge in [0, 0.05) is 6.54 Å². The van der Waals surface area contributed by atoms with Gasteiger partial charge in [-0.25, -0.2) is 4.79 Å². The van der Waals surface area contributed by atoms with Crippen molar-refractivity contribution in [2.24, 2.45) is 10.7 Å². The maximum Gasteiger partial charge on any atom is 0.335 e. The third-order valence-electron chi connectivity index (χ3n) is 2.61. The molecule has 1 aliphatic heterocycles. The van der Waals surface area contributed by atoms with E-state index in [9.17, 15) is 4.79 Å². The van der Waals surface area contributed by atoms with Gasteiger partial charge in [0.25, 0.3) is 0 Å². The Hall–Kier alpha value is -1.24. The van der Waals surface area contributed by atoms with Crippen molar-refractivity contribution in [2.45, 2.75) is 12.2 Å². The van der Waals surface area contributed by atoms with Gasteiger partial charge >= 0.3 is 5.97 Å². The second kappa shape index (κ2) is 4.95. The topological polar surface area (TPSA) is 87.7 Å². The molecule has 90 valence electrons. The van der Waals surface area contributed by atoms with E-state index in [1.807, 2.05) is 0 Å². The monoisotopic (exact) mass is 297 g/mol. The van der Waals surface area contributed by atoms with Crippen LogP contribution < -0.4 is 11.1 Å². The maximum atomic E-state index is 10.7. The number of rotatable bonds is 2. The van der Waals surface area contributed by atoms with Crippen LogP contribution in [-0.4, -0.2) is 28.4 Å². The fourth-order valence-corrected chi connectivity index (χ4v) is 2.05. The lowest BCUT2D eigenvalue weighted by molar-refractivity contribution is 0.0697. The number of nitrogens with zero attached hydrogens (tertiary/aromatic N) is 1. The number of hydrogen-bond donors (Lipinski definition) is 3. The number of carboxylic acids is 1. The number of nitrogens with two attached hydrogens (primary N) is 1. The lowest BCUT2D eigenvalue weighted by atomic mass is 10.0. The molecule has 0 spiro atoms. The minimum Gasteiger partial charge on any atom is -0.478 e. The van der Waals surface area contributed by atoms with Gasteiger partial charge < -0.3 is 10.8 Å². The number of benzene rings is 1. The van der Waals surface area contributed by atoms with Gasteiger partial charge in [-0.15, -0.1) is 0 Å². The molecule has 0 aliphatic carbocycles. The average molecular weight is 298 g/mol. The van der Waals surface area contributed by atoms with Crippen LogP contribution in [0.25, 0.3) is 0 Å². The molecule has 0 amide bonds. The molecule has 6 heteroatoms. The molecule has 1 heterocycles. The van der Waals surface area contributed by atoms with E-state index < -0.39 is 5.97 Å². The predicted molar refractivity (Wildman–Crippen MR) is 68.5 cm³/mol. The van der Waals surface area contributed by atoms with E-state index in [-0.39, 0.29) is 17.8 Å². The van der Waals surface area contributed by atoms with Crippen molar-refractivity contribution in [3.63, 3.8) is 0 Å². The Bertz CT molecular complexity index is 458. The minimum atomic E-state index is -0.926. The van der Waals surface area contributed by atoms with E-state index in [4.69, 9.17) is 10.8 Å². The Morgan fingerprint density at radius 3 is 2.65 bits per heavy atom. The summed E-state index contributed by atoms with van der Waals surface area (Å²) < 4.78 is 0.677. The third-order valence-corrected chi connectivity index (χ3v) is 3.31. The second-order valence-corrected chi connectivity index (χ2v) is 4.59. The lowest BCUT2D eigenvalue weighted by Crippen LogP contribution is -2.47. The molecule has 0 bridgehead atoms. The molecule has 5 nitrogen and oxygen atoms in total. The fourth-order valence-electron chi connectivity index (χ4n) is 1.64. The molecular weight excluding hydrogens is 286 g/mol. The summed E-state index contributed by atoms with van der Waals surface area (Å²) in [7, 11) is 0. The van der Waals surface area contributed by atoms with Crippen LogP contribution in [0.3, 0.4) is 0 Å². The summed E-state index contributed by atoms with van der Waals surface area (Å²) >= 11 is 3.30. The largest absolute Gasteiger partial charge is 0.478 e. The van der Waals surface area contributed by atoms with Crippen LogP contribution in [0.1, 0.15) is 22.0 Å². The molecule has 0 saturated heterocycles. The Morgan fingerprint density at radius 2 is 2.12 bits per heavy atom. The van der Waals surface area contributed by atoms with Crippen LogP contribution in [0.5, 0.6) is 0 Å². The van der Waals surface area contributed by atoms with E-state index in [2.05, 4.69) is 26.2 Å². The number of carboxylic acid groups (broad SMARTS) is 1. The number of aromatic carboxylic acids is 1. The standard InChI is InChI=1S/C11H12BrN3O2/c12-9-10(13)14-5-8(15-9)6-1-3-7(4-2-6)11(16)17/h1-4,8,10,14H,5,13H2,(H,16,17)/t8?,10-/m0/s1. The minimum absolute atomic E-state index is 0.0352. The fraction of sp³-hybridized carbons (Fsp3) is 0.273. The highest BCUT2D eigenvalue weighted by Gasteiger charge is 2.20. The lowest BCUT2D eigenvalue weighted by Gasteiger charge is -2.24. The molecule has 1 aromatic rings. The van der Waals surface area contributed by atoms with Gasteiger partial charge in [0.05, 0.1) is 11.6 Å². The Kier molecular flexibility index (Phi) is 3.56. The van der Waals surface area contributed by atoms with Crippen molar-refractivity contribution in [3.8, 4) is 0 Å². The second-order valence-electron chi connectivity index (χ2n) is 3.78. The van der Waals surface area contributed by atoms with Gasteiger partial charge in [0.2, 0.25) is 0 Å². The molecule has 0 radical (unpaired) electrons. The van der Waals surface area contributed by atoms with Crippen LogP contribution in [-0.2, 0) is 0 Å².